The van der Waals surface area contributed by atoms with Crippen molar-refractivity contribution in [2.24, 2.45) is 0 Å². The van der Waals surface area contributed by atoms with Gasteiger partial charge in [-0.1, -0.05) is 6.58 Å². The second kappa shape index (κ2) is 7.81. The Bertz CT molecular complexity index is 1220. The van der Waals surface area contributed by atoms with Crippen LogP contribution >= 0.6 is 15.9 Å². The first kappa shape index (κ1) is 22.1. The lowest BCUT2D eigenvalue weighted by Crippen LogP contribution is -2.46. The molecule has 0 radical (unpaired) electrons. The number of halogens is 5. The highest BCUT2D eigenvalue weighted by Crippen LogP contribution is 2.42. The third-order valence-corrected chi connectivity index (χ3v) is 5.91. The molecule has 2 aromatic carbocycles. The van der Waals surface area contributed by atoms with Gasteiger partial charge in [-0.3, -0.25) is 9.69 Å². The number of hydrogen-bond donors (Lipinski definition) is 1. The molecular formula is C23H18BrF4N3O. The number of alkyl halides is 3. The predicted octanol–water partition coefficient (Wildman–Crippen LogP) is 6.33. The van der Waals surface area contributed by atoms with E-state index in [-0.39, 0.29) is 17.9 Å². The monoisotopic (exact) mass is 507 g/mol. The number of carbonyl (C=O) groups is 1. The van der Waals surface area contributed by atoms with Crippen molar-refractivity contribution in [3.05, 3.63) is 93.1 Å². The van der Waals surface area contributed by atoms with E-state index < -0.39 is 23.5 Å². The van der Waals surface area contributed by atoms with E-state index in [2.05, 4.69) is 27.8 Å². The average Bonchev–Trinajstić information content (AvgIpc) is 2.68. The minimum Gasteiger partial charge on any atom is -0.349 e. The Morgan fingerprint density at radius 3 is 2.41 bits per heavy atom. The number of benzene rings is 2. The van der Waals surface area contributed by atoms with Crippen molar-refractivity contribution in [2.75, 3.05) is 11.6 Å². The number of allylic oxidation sites excluding steroid dienone is 2. The standard InChI is InChI=1S/C23H18BrF4N3O/c1-12-9-16(25)5-7-18(12)30-11-31(20-13(2)8-14(3)29-21(20)24)22(32)17-6-4-15(10-19(17)30)23(26,27)28/h4-10,29H,3,11H2,1-2H3. The first-order valence-corrected chi connectivity index (χ1v) is 10.4. The summed E-state index contributed by atoms with van der Waals surface area (Å²) in [6.45, 7) is 7.27. The molecular weight excluding hydrogens is 490 g/mol. The number of rotatable bonds is 2. The maximum Gasteiger partial charge on any atom is 0.416 e. The fraction of sp³-hybridized carbons (Fsp3) is 0.174. The molecule has 2 heterocycles. The zero-order chi connectivity index (χ0) is 23.4. The summed E-state index contributed by atoms with van der Waals surface area (Å²) in [6, 6.07) is 7.07. The molecule has 2 aromatic rings. The van der Waals surface area contributed by atoms with Gasteiger partial charge < -0.3 is 10.2 Å². The first-order chi connectivity index (χ1) is 15.0. The molecule has 1 N–H and O–H groups in total. The van der Waals surface area contributed by atoms with Crippen molar-refractivity contribution in [1.82, 2.24) is 10.2 Å². The quantitative estimate of drug-likeness (QED) is 0.381. The van der Waals surface area contributed by atoms with Gasteiger partial charge in [0, 0.05) is 11.4 Å². The van der Waals surface area contributed by atoms with Crippen LogP contribution in [0, 0.1) is 12.7 Å². The second-order valence-electron chi connectivity index (χ2n) is 7.60. The average molecular weight is 508 g/mol. The highest BCUT2D eigenvalue weighted by atomic mass is 79.9. The van der Waals surface area contributed by atoms with E-state index in [1.165, 1.54) is 29.2 Å². The van der Waals surface area contributed by atoms with Crippen molar-refractivity contribution >= 4 is 33.2 Å². The molecule has 0 unspecified atom stereocenters. The smallest absolute Gasteiger partial charge is 0.349 e. The number of carbonyl (C=O) groups excluding carboxylic acids is 1. The molecule has 2 aliphatic rings. The number of nitrogens with one attached hydrogen (secondary N) is 1. The molecule has 2 aliphatic heterocycles. The van der Waals surface area contributed by atoms with Crippen molar-refractivity contribution in [2.45, 2.75) is 20.0 Å². The van der Waals surface area contributed by atoms with Crippen molar-refractivity contribution in [1.29, 1.82) is 0 Å². The van der Waals surface area contributed by atoms with Gasteiger partial charge in [-0.2, -0.15) is 13.2 Å². The summed E-state index contributed by atoms with van der Waals surface area (Å²) in [6.07, 6.45) is -2.81. The highest BCUT2D eigenvalue weighted by Gasteiger charge is 2.38. The summed E-state index contributed by atoms with van der Waals surface area (Å²) in [7, 11) is 0. The highest BCUT2D eigenvalue weighted by molar-refractivity contribution is 9.11. The molecule has 1 amide bonds. The summed E-state index contributed by atoms with van der Waals surface area (Å²) < 4.78 is 54.5. The molecule has 0 atom stereocenters. The molecule has 166 valence electrons. The van der Waals surface area contributed by atoms with Crippen LogP contribution in [0.3, 0.4) is 0 Å². The van der Waals surface area contributed by atoms with Crippen molar-refractivity contribution in [3.63, 3.8) is 0 Å². The molecule has 0 saturated heterocycles. The van der Waals surface area contributed by atoms with E-state index in [4.69, 9.17) is 0 Å². The minimum atomic E-state index is -4.57. The van der Waals surface area contributed by atoms with E-state index in [1.807, 2.05) is 6.92 Å². The number of aryl methyl sites for hydroxylation is 1. The summed E-state index contributed by atoms with van der Waals surface area (Å²) in [5, 5.41) is 3.02. The fourth-order valence-corrected chi connectivity index (χ4v) is 4.69. The number of fused-ring (bicyclic) bond motifs is 1. The zero-order valence-corrected chi connectivity index (χ0v) is 18.7. The van der Waals surface area contributed by atoms with Crippen LogP contribution in [0.25, 0.3) is 0 Å². The molecule has 0 aliphatic carbocycles. The van der Waals surface area contributed by atoms with Crippen LogP contribution in [0.15, 0.2) is 70.6 Å². The van der Waals surface area contributed by atoms with E-state index in [1.54, 1.807) is 17.9 Å². The third-order valence-electron chi connectivity index (χ3n) is 5.34. The lowest BCUT2D eigenvalue weighted by Gasteiger charge is -2.41. The lowest BCUT2D eigenvalue weighted by molar-refractivity contribution is -0.137. The van der Waals surface area contributed by atoms with Crippen molar-refractivity contribution < 1.29 is 22.4 Å². The van der Waals surface area contributed by atoms with E-state index in [0.717, 1.165) is 17.7 Å². The maximum atomic E-state index is 13.7. The van der Waals surface area contributed by atoms with E-state index in [0.29, 0.717) is 27.3 Å². The normalized spacial score (nSPS) is 16.8. The molecule has 0 aromatic heterocycles. The topological polar surface area (TPSA) is 35.6 Å². The molecule has 4 rings (SSSR count). The van der Waals surface area contributed by atoms with Crippen LogP contribution < -0.4 is 10.2 Å². The molecule has 9 heteroatoms. The zero-order valence-electron chi connectivity index (χ0n) is 17.1. The molecule has 0 spiro atoms. The second-order valence-corrected chi connectivity index (χ2v) is 8.40. The number of nitrogens with zero attached hydrogens (tertiary/aromatic N) is 2. The largest absolute Gasteiger partial charge is 0.416 e. The van der Waals surface area contributed by atoms with Crippen LogP contribution in [0.1, 0.15) is 28.4 Å². The molecule has 32 heavy (non-hydrogen) atoms. The van der Waals surface area contributed by atoms with E-state index >= 15 is 0 Å². The van der Waals surface area contributed by atoms with Crippen LogP contribution in [0.4, 0.5) is 28.9 Å². The van der Waals surface area contributed by atoms with Gasteiger partial charge in [0.25, 0.3) is 5.91 Å². The van der Waals surface area contributed by atoms with Gasteiger partial charge in [-0.25, -0.2) is 4.39 Å². The summed E-state index contributed by atoms with van der Waals surface area (Å²) in [4.78, 5) is 16.4. The van der Waals surface area contributed by atoms with Crippen LogP contribution in [-0.2, 0) is 6.18 Å². The SMILES string of the molecule is C=C1C=C(C)C(N2CN(c3ccc(F)cc3C)c3cc(C(F)(F)F)ccc3C2=O)=C(Br)N1. The Morgan fingerprint density at radius 1 is 1.06 bits per heavy atom. The maximum absolute atomic E-state index is 13.7. The Labute approximate surface area is 190 Å². The number of dihydropyridines is 1. The summed E-state index contributed by atoms with van der Waals surface area (Å²) in [5.41, 5.74) is 2.30. The summed E-state index contributed by atoms with van der Waals surface area (Å²) >= 11 is 3.43. The minimum absolute atomic E-state index is 0.0661. The van der Waals surface area contributed by atoms with Crippen molar-refractivity contribution in [3.8, 4) is 0 Å². The van der Waals surface area contributed by atoms with Crippen LogP contribution in [0.2, 0.25) is 0 Å². The van der Waals surface area contributed by atoms with Gasteiger partial charge in [0.1, 0.15) is 17.1 Å². The van der Waals surface area contributed by atoms with Gasteiger partial charge in [-0.05, 0) is 83.4 Å². The van der Waals surface area contributed by atoms with Gasteiger partial charge in [-0.15, -0.1) is 0 Å². The molecule has 0 fully saturated rings. The Kier molecular flexibility index (Phi) is 5.40. The lowest BCUT2D eigenvalue weighted by atomic mass is 10.0. The van der Waals surface area contributed by atoms with Crippen LogP contribution in [0.5, 0.6) is 0 Å². The molecule has 0 bridgehead atoms. The van der Waals surface area contributed by atoms with Gasteiger partial charge >= 0.3 is 6.18 Å². The number of hydrogen-bond acceptors (Lipinski definition) is 3. The number of amides is 1. The first-order valence-electron chi connectivity index (χ1n) is 9.58. The van der Waals surface area contributed by atoms with Gasteiger partial charge in [0.05, 0.1) is 22.5 Å². The summed E-state index contributed by atoms with van der Waals surface area (Å²) in [5.74, 6) is -0.904. The number of anilines is 2. The van der Waals surface area contributed by atoms with E-state index in [9.17, 15) is 22.4 Å². The van der Waals surface area contributed by atoms with Gasteiger partial charge in [0.2, 0.25) is 0 Å². The fourth-order valence-electron chi connectivity index (χ4n) is 3.91. The predicted molar refractivity (Wildman–Crippen MR) is 118 cm³/mol. The molecule has 4 nitrogen and oxygen atoms in total. The Morgan fingerprint density at radius 2 is 1.78 bits per heavy atom. The third kappa shape index (κ3) is 3.81. The Balaban J connectivity index is 1.91. The Hall–Kier alpha value is -3.07. The molecule has 0 saturated carbocycles. The van der Waals surface area contributed by atoms with Crippen LogP contribution in [-0.4, -0.2) is 17.5 Å². The van der Waals surface area contributed by atoms with Gasteiger partial charge in [0.15, 0.2) is 0 Å².